The molecule has 1 atom stereocenters. The summed E-state index contributed by atoms with van der Waals surface area (Å²) in [5.41, 5.74) is 0. The van der Waals surface area contributed by atoms with E-state index < -0.39 is 12.1 Å². The van der Waals surface area contributed by atoms with Crippen molar-refractivity contribution in [3.8, 4) is 0 Å². The first-order chi connectivity index (χ1) is 10.5. The van der Waals surface area contributed by atoms with Gasteiger partial charge in [0.2, 0.25) is 0 Å². The number of aliphatic hydroxyl groups is 1. The Kier molecular flexibility index (Phi) is 21.2. The van der Waals surface area contributed by atoms with E-state index in [0.29, 0.717) is 11.0 Å². The fourth-order valence-corrected chi connectivity index (χ4v) is 1.82. The highest BCUT2D eigenvalue weighted by molar-refractivity contribution is 5.81. The number of halogens is 2. The van der Waals surface area contributed by atoms with Crippen LogP contribution in [0, 0.1) is 0 Å². The van der Waals surface area contributed by atoms with Gasteiger partial charge in [-0.05, 0) is 19.1 Å². The van der Waals surface area contributed by atoms with Gasteiger partial charge in [-0.25, -0.2) is 4.79 Å². The van der Waals surface area contributed by atoms with Crippen molar-refractivity contribution in [3.05, 3.63) is 37.5 Å². The normalized spacial score (nSPS) is 12.0. The van der Waals surface area contributed by atoms with Crippen LogP contribution in [-0.2, 0) is 9.53 Å². The first-order valence-corrected chi connectivity index (χ1v) is 7.79. The minimum atomic E-state index is -0.607. The van der Waals surface area contributed by atoms with E-state index >= 15 is 0 Å². The maximum absolute atomic E-state index is 10.9. The quantitative estimate of drug-likeness (QED) is 0.185. The van der Waals surface area contributed by atoms with E-state index in [0.717, 1.165) is 17.6 Å². The van der Waals surface area contributed by atoms with E-state index in [1.165, 1.54) is 6.08 Å². The molecule has 0 amide bonds. The van der Waals surface area contributed by atoms with Crippen LogP contribution in [0.25, 0.3) is 0 Å². The average molecular weight is 399 g/mol. The zero-order valence-corrected chi connectivity index (χ0v) is 18.1. The number of nitrogens with zero attached hydrogens (tertiary/aromatic N) is 2. The molecule has 0 saturated carbocycles. The van der Waals surface area contributed by atoms with Crippen LogP contribution in [-0.4, -0.2) is 87.6 Å². The van der Waals surface area contributed by atoms with Crippen LogP contribution in [0.2, 0.25) is 0 Å². The zero-order chi connectivity index (χ0) is 18.5. The maximum Gasteiger partial charge on any atom is 0.330 e. The highest BCUT2D eigenvalue weighted by atomic mass is 35.5. The number of hydrogen-bond acceptors (Lipinski definition) is 3. The number of ether oxygens (including phenoxy) is 1. The Morgan fingerprint density at radius 1 is 1.08 bits per heavy atom. The second kappa shape index (κ2) is 16.6. The average Bonchev–Trinajstić information content (AvgIpc) is 2.35. The van der Waals surface area contributed by atoms with Crippen LogP contribution in [0.3, 0.4) is 0 Å². The van der Waals surface area contributed by atoms with Crippen molar-refractivity contribution in [1.29, 1.82) is 0 Å². The van der Waals surface area contributed by atoms with Crippen LogP contribution in [0.4, 0.5) is 0 Å². The minimum Gasteiger partial charge on any atom is -1.00 e. The minimum absolute atomic E-state index is 0. The van der Waals surface area contributed by atoms with E-state index in [1.54, 1.807) is 13.0 Å². The molecular weight excluding hydrogens is 363 g/mol. The molecule has 0 aromatic rings. The number of aliphatic hydroxyl groups excluding tert-OH is 1. The van der Waals surface area contributed by atoms with Crippen LogP contribution < -0.4 is 24.8 Å². The molecule has 0 aromatic heterocycles. The molecule has 0 fully saturated rings. The molecule has 1 unspecified atom stereocenters. The Balaban J connectivity index is -0.000000177. The number of allylic oxidation sites excluding steroid dienone is 1. The summed E-state index contributed by atoms with van der Waals surface area (Å²) in [6, 6.07) is 0. The van der Waals surface area contributed by atoms with Crippen LogP contribution in [0.5, 0.6) is 0 Å². The highest BCUT2D eigenvalue weighted by Crippen LogP contribution is 1.96. The summed E-state index contributed by atoms with van der Waals surface area (Å²) >= 11 is 0. The van der Waals surface area contributed by atoms with Crippen molar-refractivity contribution in [3.63, 3.8) is 0 Å². The summed E-state index contributed by atoms with van der Waals surface area (Å²) in [6.45, 7) is 11.7. The van der Waals surface area contributed by atoms with Gasteiger partial charge in [-0.1, -0.05) is 19.2 Å². The van der Waals surface area contributed by atoms with E-state index in [1.807, 2.05) is 33.3 Å². The summed E-state index contributed by atoms with van der Waals surface area (Å²) in [5, 5.41) is 9.48. The molecule has 0 spiro atoms. The number of quaternary nitrogens is 2. The number of hydrogen-bond donors (Lipinski definition) is 1. The number of carbonyl (C=O) groups is 1. The van der Waals surface area contributed by atoms with E-state index in [-0.39, 0.29) is 31.4 Å². The standard InChI is InChI=1S/C10H20NO3.C8H16N.2ClH/c1-5-6-10(13)14-8-9(12)7-11(2,3)4;1-5-7-9(3,4)8-6-2;;/h5-6,9,12H,7-8H2,1-4H3;5-6H,1-2,7-8H2,3-4H3;2*1H/q2*+1;;/p-2. The second-order valence-corrected chi connectivity index (χ2v) is 7.13. The summed E-state index contributed by atoms with van der Waals surface area (Å²) in [7, 11) is 10.2. The zero-order valence-electron chi connectivity index (χ0n) is 16.5. The second-order valence-electron chi connectivity index (χ2n) is 7.13. The third kappa shape index (κ3) is 25.5. The smallest absolute Gasteiger partial charge is 0.330 e. The fraction of sp³-hybridized carbons (Fsp3) is 0.611. The lowest BCUT2D eigenvalue weighted by Gasteiger charge is -2.26. The Hall–Kier alpha value is -0.850. The van der Waals surface area contributed by atoms with Gasteiger partial charge in [-0.3, -0.25) is 0 Å². The van der Waals surface area contributed by atoms with Crippen molar-refractivity contribution in [2.45, 2.75) is 13.0 Å². The molecule has 7 heteroatoms. The van der Waals surface area contributed by atoms with Gasteiger partial charge in [0.15, 0.2) is 0 Å². The maximum atomic E-state index is 10.9. The van der Waals surface area contributed by atoms with Crippen molar-refractivity contribution in [1.82, 2.24) is 0 Å². The molecule has 0 aliphatic carbocycles. The molecule has 0 aliphatic rings. The molecule has 0 heterocycles. The third-order valence-corrected chi connectivity index (χ3v) is 2.73. The molecule has 0 rings (SSSR count). The molecule has 0 saturated heterocycles. The van der Waals surface area contributed by atoms with E-state index in [4.69, 9.17) is 4.74 Å². The topological polar surface area (TPSA) is 46.5 Å². The summed E-state index contributed by atoms with van der Waals surface area (Å²) in [6.07, 6.45) is 6.20. The number of carbonyl (C=O) groups excluding carboxylic acids is 1. The van der Waals surface area contributed by atoms with Crippen molar-refractivity contribution in [2.75, 3.05) is 61.5 Å². The molecule has 0 radical (unpaired) electrons. The van der Waals surface area contributed by atoms with Gasteiger partial charge in [-0.2, -0.15) is 0 Å². The van der Waals surface area contributed by atoms with E-state index in [9.17, 15) is 9.90 Å². The lowest BCUT2D eigenvalue weighted by molar-refractivity contribution is -0.878. The molecule has 0 bridgehead atoms. The van der Waals surface area contributed by atoms with Gasteiger partial charge < -0.3 is 43.6 Å². The summed E-state index contributed by atoms with van der Waals surface area (Å²) in [5.74, 6) is -0.409. The van der Waals surface area contributed by atoms with Crippen LogP contribution in [0.1, 0.15) is 6.92 Å². The van der Waals surface area contributed by atoms with Gasteiger partial charge in [0.25, 0.3) is 0 Å². The van der Waals surface area contributed by atoms with Crippen molar-refractivity contribution in [2.24, 2.45) is 0 Å². The lowest BCUT2D eigenvalue weighted by Crippen LogP contribution is -3.00. The first kappa shape index (κ1) is 31.9. The molecular formula is C18H36Cl2N2O3. The fourth-order valence-electron chi connectivity index (χ4n) is 1.82. The Labute approximate surface area is 166 Å². The van der Waals surface area contributed by atoms with Gasteiger partial charge in [0.05, 0.1) is 48.3 Å². The molecule has 5 nitrogen and oxygen atoms in total. The van der Waals surface area contributed by atoms with Gasteiger partial charge in [-0.15, -0.1) is 0 Å². The summed E-state index contributed by atoms with van der Waals surface area (Å²) < 4.78 is 6.40. The number of likely N-dealkylation sites (N-methyl/N-ethyl adjacent to an activating group) is 2. The van der Waals surface area contributed by atoms with Crippen molar-refractivity contribution >= 4 is 5.97 Å². The Morgan fingerprint density at radius 3 is 1.84 bits per heavy atom. The van der Waals surface area contributed by atoms with Crippen LogP contribution in [0.15, 0.2) is 37.5 Å². The van der Waals surface area contributed by atoms with Crippen molar-refractivity contribution < 1.29 is 48.4 Å². The van der Waals surface area contributed by atoms with Gasteiger partial charge in [0, 0.05) is 6.08 Å². The lowest BCUT2D eigenvalue weighted by atomic mass is 10.3. The number of rotatable bonds is 9. The molecule has 0 aromatic carbocycles. The third-order valence-electron chi connectivity index (χ3n) is 2.73. The predicted molar refractivity (Wildman–Crippen MR) is 96.9 cm³/mol. The SMILES string of the molecule is C=CC[N+](C)(C)CC=C.CC=CC(=O)OCC(O)C[N+](C)(C)C.[Cl-].[Cl-]. The molecule has 25 heavy (non-hydrogen) atoms. The van der Waals surface area contributed by atoms with Crippen LogP contribution >= 0.6 is 0 Å². The first-order valence-electron chi connectivity index (χ1n) is 7.79. The highest BCUT2D eigenvalue weighted by Gasteiger charge is 2.16. The Morgan fingerprint density at radius 2 is 1.52 bits per heavy atom. The Bertz CT molecular complexity index is 380. The largest absolute Gasteiger partial charge is 1.00 e. The number of esters is 1. The predicted octanol–water partition coefficient (Wildman–Crippen LogP) is -4.38. The monoisotopic (exact) mass is 398 g/mol. The van der Waals surface area contributed by atoms with Gasteiger partial charge >= 0.3 is 5.97 Å². The van der Waals surface area contributed by atoms with Gasteiger partial charge in [0.1, 0.15) is 19.3 Å². The summed E-state index contributed by atoms with van der Waals surface area (Å²) in [4.78, 5) is 10.9. The molecule has 150 valence electrons. The van der Waals surface area contributed by atoms with E-state index in [2.05, 4.69) is 27.3 Å². The molecule has 0 aliphatic heterocycles. The molecule has 1 N–H and O–H groups in total.